The highest BCUT2D eigenvalue weighted by Crippen LogP contribution is 2.19. The lowest BCUT2D eigenvalue weighted by molar-refractivity contribution is 0.0455. The number of aromatic nitrogens is 1. The minimum atomic E-state index is -0.480. The molecular formula is C15H19NO3. The third-order valence-electron chi connectivity index (χ3n) is 3.03. The molecule has 0 saturated heterocycles. The molecule has 4 nitrogen and oxygen atoms in total. The molecule has 0 N–H and O–H groups in total. The third kappa shape index (κ3) is 3.34. The highest BCUT2D eigenvalue weighted by molar-refractivity contribution is 5.88. The van der Waals surface area contributed by atoms with Crippen LogP contribution in [0.2, 0.25) is 0 Å². The zero-order valence-electron chi connectivity index (χ0n) is 11.4. The molecule has 1 heterocycles. The SMILES string of the molecule is CCCCCCOC(=O)c1nc2c(C)cccc2o1. The number of unbranched alkanes of at least 4 members (excludes halogenated alkanes) is 3. The Kier molecular flexibility index (Phi) is 4.55. The maximum Gasteiger partial charge on any atom is 0.394 e. The zero-order valence-corrected chi connectivity index (χ0v) is 11.4. The van der Waals surface area contributed by atoms with Crippen molar-refractivity contribution in [1.82, 2.24) is 4.98 Å². The Labute approximate surface area is 112 Å². The van der Waals surface area contributed by atoms with Crippen LogP contribution < -0.4 is 0 Å². The first-order valence-corrected chi connectivity index (χ1v) is 6.75. The summed E-state index contributed by atoms with van der Waals surface area (Å²) in [4.78, 5) is 16.0. The van der Waals surface area contributed by atoms with E-state index < -0.39 is 5.97 Å². The van der Waals surface area contributed by atoms with Crippen molar-refractivity contribution in [3.8, 4) is 0 Å². The van der Waals surface area contributed by atoms with E-state index in [1.807, 2.05) is 19.1 Å². The van der Waals surface area contributed by atoms with Gasteiger partial charge in [-0.15, -0.1) is 0 Å². The minimum Gasteiger partial charge on any atom is -0.459 e. The van der Waals surface area contributed by atoms with Crippen molar-refractivity contribution in [3.05, 3.63) is 29.7 Å². The number of hydrogen-bond acceptors (Lipinski definition) is 4. The molecule has 0 saturated carbocycles. The molecule has 19 heavy (non-hydrogen) atoms. The van der Waals surface area contributed by atoms with Gasteiger partial charge in [0, 0.05) is 0 Å². The van der Waals surface area contributed by atoms with Crippen LogP contribution >= 0.6 is 0 Å². The van der Waals surface area contributed by atoms with Crippen molar-refractivity contribution < 1.29 is 13.9 Å². The van der Waals surface area contributed by atoms with E-state index in [9.17, 15) is 4.79 Å². The highest BCUT2D eigenvalue weighted by atomic mass is 16.5. The second-order valence-corrected chi connectivity index (χ2v) is 4.64. The van der Waals surface area contributed by atoms with Crippen LogP contribution in [0.15, 0.2) is 22.6 Å². The standard InChI is InChI=1S/C15H19NO3/c1-3-4-5-6-10-18-15(17)14-16-13-11(2)8-7-9-12(13)19-14/h7-9H,3-6,10H2,1-2H3. The fourth-order valence-electron chi connectivity index (χ4n) is 1.93. The molecule has 0 fully saturated rings. The molecule has 1 aromatic carbocycles. The lowest BCUT2D eigenvalue weighted by Crippen LogP contribution is -2.06. The van der Waals surface area contributed by atoms with Crippen molar-refractivity contribution in [2.45, 2.75) is 39.5 Å². The molecule has 0 radical (unpaired) electrons. The number of esters is 1. The normalized spacial score (nSPS) is 10.8. The average Bonchev–Trinajstić information content (AvgIpc) is 2.84. The van der Waals surface area contributed by atoms with Crippen molar-refractivity contribution >= 4 is 17.1 Å². The number of rotatable bonds is 6. The van der Waals surface area contributed by atoms with Crippen LogP contribution in [0.5, 0.6) is 0 Å². The Morgan fingerprint density at radius 2 is 2.16 bits per heavy atom. The number of ether oxygens (including phenoxy) is 1. The number of carbonyl (C=O) groups excluding carboxylic acids is 1. The van der Waals surface area contributed by atoms with Gasteiger partial charge in [-0.05, 0) is 25.0 Å². The van der Waals surface area contributed by atoms with Gasteiger partial charge in [0.15, 0.2) is 5.58 Å². The van der Waals surface area contributed by atoms with Gasteiger partial charge in [0.2, 0.25) is 0 Å². The molecule has 0 spiro atoms. The molecule has 1 aromatic heterocycles. The van der Waals surface area contributed by atoms with Gasteiger partial charge in [0.1, 0.15) is 5.52 Å². The number of aryl methyl sites for hydroxylation is 1. The highest BCUT2D eigenvalue weighted by Gasteiger charge is 2.16. The van der Waals surface area contributed by atoms with Crippen LogP contribution in [0.1, 0.15) is 48.9 Å². The number of carbonyl (C=O) groups is 1. The number of hydrogen-bond donors (Lipinski definition) is 0. The maximum absolute atomic E-state index is 11.8. The van der Waals surface area contributed by atoms with E-state index in [0.29, 0.717) is 12.2 Å². The van der Waals surface area contributed by atoms with Crippen LogP contribution in [-0.4, -0.2) is 17.6 Å². The van der Waals surface area contributed by atoms with E-state index >= 15 is 0 Å². The zero-order chi connectivity index (χ0) is 13.7. The molecular weight excluding hydrogens is 242 g/mol. The van der Waals surface area contributed by atoms with Crippen molar-refractivity contribution in [3.63, 3.8) is 0 Å². The van der Waals surface area contributed by atoms with Gasteiger partial charge in [-0.1, -0.05) is 38.3 Å². The van der Waals surface area contributed by atoms with Crippen LogP contribution in [0.3, 0.4) is 0 Å². The smallest absolute Gasteiger partial charge is 0.394 e. The number of fused-ring (bicyclic) bond motifs is 1. The van der Waals surface area contributed by atoms with Crippen molar-refractivity contribution in [1.29, 1.82) is 0 Å². The van der Waals surface area contributed by atoms with Gasteiger partial charge in [-0.25, -0.2) is 9.78 Å². The van der Waals surface area contributed by atoms with Crippen LogP contribution in [-0.2, 0) is 4.74 Å². The molecule has 102 valence electrons. The largest absolute Gasteiger partial charge is 0.459 e. The summed E-state index contributed by atoms with van der Waals surface area (Å²) in [5.41, 5.74) is 2.33. The van der Waals surface area contributed by atoms with Gasteiger partial charge in [0.05, 0.1) is 6.61 Å². The predicted octanol–water partition coefficient (Wildman–Crippen LogP) is 3.87. The Morgan fingerprint density at radius 3 is 2.89 bits per heavy atom. The van der Waals surface area contributed by atoms with E-state index in [2.05, 4.69) is 11.9 Å². The minimum absolute atomic E-state index is 0.0415. The predicted molar refractivity (Wildman–Crippen MR) is 73.2 cm³/mol. The van der Waals surface area contributed by atoms with Crippen molar-refractivity contribution in [2.75, 3.05) is 6.61 Å². The van der Waals surface area contributed by atoms with Gasteiger partial charge < -0.3 is 9.15 Å². The number of benzene rings is 1. The van der Waals surface area contributed by atoms with E-state index in [1.165, 1.54) is 12.8 Å². The molecule has 0 bridgehead atoms. The maximum atomic E-state index is 11.8. The molecule has 2 rings (SSSR count). The summed E-state index contributed by atoms with van der Waals surface area (Å²) in [6.45, 7) is 4.51. The molecule has 0 aliphatic heterocycles. The summed E-state index contributed by atoms with van der Waals surface area (Å²) in [5.74, 6) is -0.438. The number of nitrogens with zero attached hydrogens (tertiary/aromatic N) is 1. The molecule has 0 aliphatic rings. The fourth-order valence-corrected chi connectivity index (χ4v) is 1.93. The van der Waals surface area contributed by atoms with Crippen LogP contribution in [0.25, 0.3) is 11.1 Å². The first kappa shape index (κ1) is 13.6. The third-order valence-corrected chi connectivity index (χ3v) is 3.03. The quantitative estimate of drug-likeness (QED) is 0.585. The summed E-state index contributed by atoms with van der Waals surface area (Å²) in [7, 11) is 0. The summed E-state index contributed by atoms with van der Waals surface area (Å²) in [6, 6.07) is 5.61. The molecule has 0 unspecified atom stereocenters. The van der Waals surface area contributed by atoms with Gasteiger partial charge >= 0.3 is 11.9 Å². The van der Waals surface area contributed by atoms with Crippen LogP contribution in [0.4, 0.5) is 0 Å². The monoisotopic (exact) mass is 261 g/mol. The second-order valence-electron chi connectivity index (χ2n) is 4.64. The number of oxazole rings is 1. The van der Waals surface area contributed by atoms with Gasteiger partial charge in [-0.2, -0.15) is 0 Å². The molecule has 0 atom stereocenters. The number of para-hydroxylation sites is 1. The summed E-state index contributed by atoms with van der Waals surface area (Å²) >= 11 is 0. The van der Waals surface area contributed by atoms with Gasteiger partial charge in [-0.3, -0.25) is 0 Å². The van der Waals surface area contributed by atoms with E-state index in [1.54, 1.807) is 6.07 Å². The second kappa shape index (κ2) is 6.36. The van der Waals surface area contributed by atoms with Crippen molar-refractivity contribution in [2.24, 2.45) is 0 Å². The summed E-state index contributed by atoms with van der Waals surface area (Å²) < 4.78 is 10.6. The summed E-state index contributed by atoms with van der Waals surface area (Å²) in [5, 5.41) is 0. The fraction of sp³-hybridized carbons (Fsp3) is 0.467. The van der Waals surface area contributed by atoms with Crippen LogP contribution in [0, 0.1) is 6.92 Å². The summed E-state index contributed by atoms with van der Waals surface area (Å²) in [6.07, 6.45) is 4.30. The topological polar surface area (TPSA) is 52.3 Å². The Morgan fingerprint density at radius 1 is 1.32 bits per heavy atom. The Hall–Kier alpha value is -1.84. The Balaban J connectivity index is 1.96. The molecule has 4 heteroatoms. The lowest BCUT2D eigenvalue weighted by atomic mass is 10.2. The van der Waals surface area contributed by atoms with Gasteiger partial charge in [0.25, 0.3) is 0 Å². The molecule has 0 amide bonds. The van der Waals surface area contributed by atoms with E-state index in [0.717, 1.165) is 23.9 Å². The van der Waals surface area contributed by atoms with E-state index in [-0.39, 0.29) is 5.89 Å². The lowest BCUT2D eigenvalue weighted by Gasteiger charge is -2.01. The first-order valence-electron chi connectivity index (χ1n) is 6.75. The first-order chi connectivity index (χ1) is 9.22. The van der Waals surface area contributed by atoms with E-state index in [4.69, 9.17) is 9.15 Å². The Bertz CT molecular complexity index is 560. The average molecular weight is 261 g/mol. The molecule has 0 aliphatic carbocycles. The molecule has 2 aromatic rings.